The molecule has 1 aliphatic heterocycles. The standard InChI is InChI=1S/C14H22N2O3S/c1-2-20(17,18)15-11-13-5-3-4-6-14(13)12-16-7-9-19-10-8-16/h3-6,15H,2,7-12H2,1H3. The van der Waals surface area contributed by atoms with Gasteiger partial charge in [-0.15, -0.1) is 0 Å². The first-order chi connectivity index (χ1) is 9.61. The van der Waals surface area contributed by atoms with Gasteiger partial charge in [-0.2, -0.15) is 0 Å². The minimum absolute atomic E-state index is 0.110. The van der Waals surface area contributed by atoms with Crippen LogP contribution in [0.5, 0.6) is 0 Å². The molecule has 0 atom stereocenters. The van der Waals surface area contributed by atoms with Crippen LogP contribution in [-0.4, -0.2) is 45.4 Å². The second kappa shape index (κ2) is 7.17. The van der Waals surface area contributed by atoms with Crippen molar-refractivity contribution < 1.29 is 13.2 Å². The number of sulfonamides is 1. The summed E-state index contributed by atoms with van der Waals surface area (Å²) < 4.78 is 31.0. The van der Waals surface area contributed by atoms with Crippen LogP contribution in [0.3, 0.4) is 0 Å². The molecule has 2 rings (SSSR count). The number of benzene rings is 1. The van der Waals surface area contributed by atoms with Crippen molar-refractivity contribution in [3.63, 3.8) is 0 Å². The van der Waals surface area contributed by atoms with Crippen LogP contribution in [0.4, 0.5) is 0 Å². The summed E-state index contributed by atoms with van der Waals surface area (Å²) in [5, 5.41) is 0. The Bertz CT molecular complexity index is 525. The van der Waals surface area contributed by atoms with Crippen molar-refractivity contribution in [2.24, 2.45) is 0 Å². The number of nitrogens with one attached hydrogen (secondary N) is 1. The van der Waals surface area contributed by atoms with Gasteiger partial charge in [-0.25, -0.2) is 13.1 Å². The summed E-state index contributed by atoms with van der Waals surface area (Å²) in [7, 11) is -3.15. The first-order valence-corrected chi connectivity index (χ1v) is 8.60. The molecule has 0 amide bonds. The normalized spacial score (nSPS) is 17.2. The molecule has 1 aromatic rings. The fraction of sp³-hybridized carbons (Fsp3) is 0.571. The average Bonchev–Trinajstić information content (AvgIpc) is 2.47. The predicted octanol–water partition coefficient (Wildman–Crippen LogP) is 0.958. The van der Waals surface area contributed by atoms with E-state index in [0.717, 1.165) is 38.4 Å². The lowest BCUT2D eigenvalue weighted by Gasteiger charge is -2.27. The molecule has 6 heteroatoms. The summed E-state index contributed by atoms with van der Waals surface area (Å²) >= 11 is 0. The highest BCUT2D eigenvalue weighted by Crippen LogP contribution is 2.13. The fourth-order valence-electron chi connectivity index (χ4n) is 2.17. The van der Waals surface area contributed by atoms with Gasteiger partial charge in [-0.1, -0.05) is 24.3 Å². The van der Waals surface area contributed by atoms with E-state index >= 15 is 0 Å². The van der Waals surface area contributed by atoms with E-state index in [2.05, 4.69) is 15.7 Å². The zero-order chi connectivity index (χ0) is 14.4. The summed E-state index contributed by atoms with van der Waals surface area (Å²) in [6.07, 6.45) is 0. The van der Waals surface area contributed by atoms with E-state index in [1.165, 1.54) is 5.56 Å². The smallest absolute Gasteiger partial charge is 0.211 e. The lowest BCUT2D eigenvalue weighted by molar-refractivity contribution is 0.0341. The van der Waals surface area contributed by atoms with Crippen molar-refractivity contribution in [1.29, 1.82) is 0 Å². The molecular weight excluding hydrogens is 276 g/mol. The Morgan fingerprint density at radius 3 is 2.50 bits per heavy atom. The van der Waals surface area contributed by atoms with E-state index < -0.39 is 10.0 Å². The molecule has 1 fully saturated rings. The SMILES string of the molecule is CCS(=O)(=O)NCc1ccccc1CN1CCOCC1. The van der Waals surface area contributed by atoms with E-state index in [-0.39, 0.29) is 5.75 Å². The topological polar surface area (TPSA) is 58.6 Å². The van der Waals surface area contributed by atoms with Crippen LogP contribution in [0.2, 0.25) is 0 Å². The Balaban J connectivity index is 2.02. The Morgan fingerprint density at radius 2 is 1.85 bits per heavy atom. The minimum atomic E-state index is -3.15. The first-order valence-electron chi connectivity index (χ1n) is 6.95. The molecule has 0 spiro atoms. The van der Waals surface area contributed by atoms with Gasteiger partial charge in [0.2, 0.25) is 10.0 Å². The van der Waals surface area contributed by atoms with Crippen molar-refractivity contribution in [3.05, 3.63) is 35.4 Å². The average molecular weight is 298 g/mol. The maximum Gasteiger partial charge on any atom is 0.211 e. The minimum Gasteiger partial charge on any atom is -0.379 e. The molecule has 0 radical (unpaired) electrons. The molecular formula is C14H22N2O3S. The Hall–Kier alpha value is -0.950. The predicted molar refractivity (Wildman–Crippen MR) is 78.8 cm³/mol. The van der Waals surface area contributed by atoms with Crippen LogP contribution in [-0.2, 0) is 27.8 Å². The highest BCUT2D eigenvalue weighted by molar-refractivity contribution is 7.89. The lowest BCUT2D eigenvalue weighted by atomic mass is 10.1. The molecule has 0 saturated carbocycles. The number of nitrogens with zero attached hydrogens (tertiary/aromatic N) is 1. The van der Waals surface area contributed by atoms with Gasteiger partial charge < -0.3 is 4.74 Å². The van der Waals surface area contributed by atoms with Gasteiger partial charge in [-0.3, -0.25) is 4.90 Å². The number of hydrogen-bond acceptors (Lipinski definition) is 4. The van der Waals surface area contributed by atoms with E-state index in [1.54, 1.807) is 6.92 Å². The van der Waals surface area contributed by atoms with E-state index in [1.807, 2.05) is 18.2 Å². The quantitative estimate of drug-likeness (QED) is 0.850. The highest BCUT2D eigenvalue weighted by atomic mass is 32.2. The Labute approximate surface area is 121 Å². The largest absolute Gasteiger partial charge is 0.379 e. The van der Waals surface area contributed by atoms with Crippen molar-refractivity contribution in [2.75, 3.05) is 32.1 Å². The van der Waals surface area contributed by atoms with Crippen molar-refractivity contribution >= 4 is 10.0 Å². The van der Waals surface area contributed by atoms with Crippen LogP contribution in [0.25, 0.3) is 0 Å². The van der Waals surface area contributed by atoms with Crippen molar-refractivity contribution in [2.45, 2.75) is 20.0 Å². The van der Waals surface area contributed by atoms with Gasteiger partial charge in [0.15, 0.2) is 0 Å². The van der Waals surface area contributed by atoms with Crippen LogP contribution in [0.1, 0.15) is 18.1 Å². The van der Waals surface area contributed by atoms with E-state index in [0.29, 0.717) is 6.54 Å². The summed E-state index contributed by atoms with van der Waals surface area (Å²) in [4.78, 5) is 2.33. The zero-order valence-corrected chi connectivity index (χ0v) is 12.7. The van der Waals surface area contributed by atoms with Gasteiger partial charge in [0.1, 0.15) is 0 Å². The van der Waals surface area contributed by atoms with Crippen LogP contribution < -0.4 is 4.72 Å². The zero-order valence-electron chi connectivity index (χ0n) is 11.8. The Kier molecular flexibility index (Phi) is 5.54. The number of ether oxygens (including phenoxy) is 1. The van der Waals surface area contributed by atoms with Gasteiger partial charge in [0, 0.05) is 26.2 Å². The molecule has 0 aromatic heterocycles. The van der Waals surface area contributed by atoms with E-state index in [9.17, 15) is 8.42 Å². The maximum absolute atomic E-state index is 11.5. The van der Waals surface area contributed by atoms with Crippen molar-refractivity contribution in [3.8, 4) is 0 Å². The van der Waals surface area contributed by atoms with Gasteiger partial charge in [0.05, 0.1) is 19.0 Å². The molecule has 0 unspecified atom stereocenters. The summed E-state index contributed by atoms with van der Waals surface area (Å²) in [6, 6.07) is 7.98. The summed E-state index contributed by atoms with van der Waals surface area (Å²) in [5.74, 6) is 0.110. The molecule has 112 valence electrons. The molecule has 1 heterocycles. The third-order valence-electron chi connectivity index (χ3n) is 3.48. The third kappa shape index (κ3) is 4.56. The van der Waals surface area contributed by atoms with Gasteiger partial charge in [0.25, 0.3) is 0 Å². The third-order valence-corrected chi connectivity index (χ3v) is 4.82. The highest BCUT2D eigenvalue weighted by Gasteiger charge is 2.13. The molecule has 1 N–H and O–H groups in total. The molecule has 1 saturated heterocycles. The van der Waals surface area contributed by atoms with Crippen LogP contribution in [0, 0.1) is 0 Å². The molecule has 0 bridgehead atoms. The number of hydrogen-bond donors (Lipinski definition) is 1. The van der Waals surface area contributed by atoms with Crippen molar-refractivity contribution in [1.82, 2.24) is 9.62 Å². The summed E-state index contributed by atoms with van der Waals surface area (Å²) in [5.41, 5.74) is 2.21. The number of rotatable bonds is 6. The summed E-state index contributed by atoms with van der Waals surface area (Å²) in [6.45, 7) is 6.23. The monoisotopic (exact) mass is 298 g/mol. The first kappa shape index (κ1) is 15.4. The fourth-order valence-corrected chi connectivity index (χ4v) is 2.75. The molecule has 1 aromatic carbocycles. The number of morpholine rings is 1. The maximum atomic E-state index is 11.5. The van der Waals surface area contributed by atoms with E-state index in [4.69, 9.17) is 4.74 Å². The second-order valence-electron chi connectivity index (χ2n) is 4.88. The molecule has 20 heavy (non-hydrogen) atoms. The van der Waals surface area contributed by atoms with Gasteiger partial charge in [-0.05, 0) is 18.1 Å². The lowest BCUT2D eigenvalue weighted by Crippen LogP contribution is -2.36. The van der Waals surface area contributed by atoms with Crippen LogP contribution >= 0.6 is 0 Å². The Morgan fingerprint density at radius 1 is 1.20 bits per heavy atom. The molecule has 1 aliphatic rings. The second-order valence-corrected chi connectivity index (χ2v) is 6.98. The molecule has 0 aliphatic carbocycles. The molecule has 5 nitrogen and oxygen atoms in total. The van der Waals surface area contributed by atoms with Crippen LogP contribution in [0.15, 0.2) is 24.3 Å². The van der Waals surface area contributed by atoms with Gasteiger partial charge >= 0.3 is 0 Å².